The lowest BCUT2D eigenvalue weighted by atomic mass is 10.1. The smallest absolute Gasteiger partial charge is 0.277 e. The molecule has 3 rings (SSSR count). The van der Waals surface area contributed by atoms with Crippen LogP contribution in [-0.2, 0) is 0 Å². The lowest BCUT2D eigenvalue weighted by molar-refractivity contribution is 0.0954. The molecule has 3 aromatic rings. The molecule has 132 valence electrons. The van der Waals surface area contributed by atoms with Crippen molar-refractivity contribution in [3.8, 4) is 5.69 Å². The summed E-state index contributed by atoms with van der Waals surface area (Å²) >= 11 is 0. The summed E-state index contributed by atoms with van der Waals surface area (Å²) in [6.07, 6.45) is 2.38. The van der Waals surface area contributed by atoms with E-state index >= 15 is 0 Å². The Kier molecular flexibility index (Phi) is 5.38. The van der Waals surface area contributed by atoms with Crippen molar-refractivity contribution in [1.29, 1.82) is 0 Å². The molecule has 0 spiro atoms. The van der Waals surface area contributed by atoms with Crippen LogP contribution >= 0.6 is 0 Å². The molecular weight excluding hydrogens is 330 g/mol. The minimum absolute atomic E-state index is 0.164. The van der Waals surface area contributed by atoms with Gasteiger partial charge in [-0.25, -0.2) is 4.68 Å². The van der Waals surface area contributed by atoms with Gasteiger partial charge in [0, 0.05) is 6.54 Å². The number of hydrogen-bond acceptors (Lipinski definition) is 4. The maximum Gasteiger partial charge on any atom is 0.277 e. The Hall–Kier alpha value is -3.48. The van der Waals surface area contributed by atoms with Crippen LogP contribution in [0, 0.1) is 0 Å². The van der Waals surface area contributed by atoms with E-state index in [0.717, 1.165) is 12.1 Å². The number of nitrogens with one attached hydrogen (secondary N) is 2. The molecule has 0 radical (unpaired) electrons. The molecule has 0 aliphatic heterocycles. The summed E-state index contributed by atoms with van der Waals surface area (Å²) < 4.78 is 1.52. The molecule has 0 fully saturated rings. The Balaban J connectivity index is 1.77. The van der Waals surface area contributed by atoms with Crippen molar-refractivity contribution in [3.63, 3.8) is 0 Å². The number of nitrogens with zero attached hydrogens (tertiary/aromatic N) is 3. The molecule has 26 heavy (non-hydrogen) atoms. The van der Waals surface area contributed by atoms with Crippen LogP contribution in [0.3, 0.4) is 0 Å². The molecule has 0 aliphatic rings. The summed E-state index contributed by atoms with van der Waals surface area (Å²) in [6.45, 7) is 2.55. The van der Waals surface area contributed by atoms with Crippen molar-refractivity contribution in [2.75, 3.05) is 11.9 Å². The van der Waals surface area contributed by atoms with Crippen LogP contribution in [0.4, 0.5) is 5.69 Å². The average molecular weight is 349 g/mol. The third-order valence-electron chi connectivity index (χ3n) is 3.70. The minimum atomic E-state index is -0.428. The van der Waals surface area contributed by atoms with Gasteiger partial charge in [0.05, 0.1) is 23.1 Å². The molecule has 2 aromatic carbocycles. The Bertz CT molecular complexity index is 905. The zero-order valence-electron chi connectivity index (χ0n) is 14.3. The number of hydrogen-bond donors (Lipinski definition) is 2. The number of carbonyl (C=O) groups excluding carboxylic acids is 2. The molecule has 7 heteroatoms. The van der Waals surface area contributed by atoms with Gasteiger partial charge in [0.15, 0.2) is 5.69 Å². The second kappa shape index (κ2) is 8.06. The van der Waals surface area contributed by atoms with Gasteiger partial charge in [-0.1, -0.05) is 42.5 Å². The first-order chi connectivity index (χ1) is 12.7. The SMILES string of the molecule is CCCNC(=O)c1ccccc1NC(=O)c1cn(-c2ccccc2)nn1. The monoisotopic (exact) mass is 349 g/mol. The van der Waals surface area contributed by atoms with Crippen LogP contribution in [-0.4, -0.2) is 33.4 Å². The van der Waals surface area contributed by atoms with E-state index in [2.05, 4.69) is 20.9 Å². The fourth-order valence-corrected chi connectivity index (χ4v) is 2.38. The highest BCUT2D eigenvalue weighted by atomic mass is 16.2. The first kappa shape index (κ1) is 17.3. The average Bonchev–Trinajstić information content (AvgIpc) is 3.17. The molecule has 7 nitrogen and oxygen atoms in total. The van der Waals surface area contributed by atoms with Crippen molar-refractivity contribution in [2.45, 2.75) is 13.3 Å². The summed E-state index contributed by atoms with van der Waals surface area (Å²) in [4.78, 5) is 24.7. The number of amides is 2. The lowest BCUT2D eigenvalue weighted by Crippen LogP contribution is -2.25. The predicted molar refractivity (Wildman–Crippen MR) is 98.4 cm³/mol. The van der Waals surface area contributed by atoms with Crippen LogP contribution in [0.25, 0.3) is 5.69 Å². The van der Waals surface area contributed by atoms with Crippen molar-refractivity contribution in [2.24, 2.45) is 0 Å². The van der Waals surface area contributed by atoms with Gasteiger partial charge in [-0.3, -0.25) is 9.59 Å². The number of carbonyl (C=O) groups is 2. The molecule has 2 amide bonds. The fourth-order valence-electron chi connectivity index (χ4n) is 2.38. The zero-order valence-corrected chi connectivity index (χ0v) is 14.3. The first-order valence-corrected chi connectivity index (χ1v) is 8.35. The van der Waals surface area contributed by atoms with E-state index in [1.54, 1.807) is 30.5 Å². The van der Waals surface area contributed by atoms with Gasteiger partial charge in [0.1, 0.15) is 0 Å². The van der Waals surface area contributed by atoms with Crippen molar-refractivity contribution in [3.05, 3.63) is 72.1 Å². The highest BCUT2D eigenvalue weighted by molar-refractivity contribution is 6.08. The Morgan fingerprint density at radius 2 is 1.73 bits per heavy atom. The standard InChI is InChI=1S/C19H19N5O2/c1-2-12-20-18(25)15-10-6-7-11-16(15)21-19(26)17-13-24(23-22-17)14-8-4-3-5-9-14/h3-11,13H,2,12H2,1H3,(H,20,25)(H,21,26). The van der Waals surface area contributed by atoms with E-state index in [0.29, 0.717) is 17.8 Å². The molecule has 0 bridgehead atoms. The largest absolute Gasteiger partial charge is 0.352 e. The van der Waals surface area contributed by atoms with Gasteiger partial charge in [0.25, 0.3) is 11.8 Å². The topological polar surface area (TPSA) is 88.9 Å². The second-order valence-corrected chi connectivity index (χ2v) is 5.64. The van der Waals surface area contributed by atoms with Crippen LogP contribution in [0.2, 0.25) is 0 Å². The highest BCUT2D eigenvalue weighted by Crippen LogP contribution is 2.16. The maximum absolute atomic E-state index is 12.5. The van der Waals surface area contributed by atoms with E-state index < -0.39 is 5.91 Å². The van der Waals surface area contributed by atoms with Gasteiger partial charge in [-0.2, -0.15) is 0 Å². The van der Waals surface area contributed by atoms with Crippen molar-refractivity contribution >= 4 is 17.5 Å². The quantitative estimate of drug-likeness (QED) is 0.716. The van der Waals surface area contributed by atoms with E-state index in [1.165, 1.54) is 4.68 Å². The number of para-hydroxylation sites is 2. The number of rotatable bonds is 6. The fraction of sp³-hybridized carbons (Fsp3) is 0.158. The molecular formula is C19H19N5O2. The number of benzene rings is 2. The maximum atomic E-state index is 12.5. The summed E-state index contributed by atoms with van der Waals surface area (Å²) in [5.74, 6) is -0.654. The lowest BCUT2D eigenvalue weighted by Gasteiger charge is -2.10. The summed E-state index contributed by atoms with van der Waals surface area (Å²) in [5.41, 5.74) is 1.81. The van der Waals surface area contributed by atoms with Crippen LogP contribution in [0.15, 0.2) is 60.8 Å². The number of aromatic nitrogens is 3. The van der Waals surface area contributed by atoms with Gasteiger partial charge in [0.2, 0.25) is 0 Å². The highest BCUT2D eigenvalue weighted by Gasteiger charge is 2.16. The molecule has 0 aliphatic carbocycles. The predicted octanol–water partition coefficient (Wildman–Crippen LogP) is 2.66. The molecule has 0 atom stereocenters. The summed E-state index contributed by atoms with van der Waals surface area (Å²) in [6, 6.07) is 16.2. The Morgan fingerprint density at radius 3 is 2.50 bits per heavy atom. The van der Waals surface area contributed by atoms with E-state index in [-0.39, 0.29) is 11.6 Å². The normalized spacial score (nSPS) is 10.3. The third kappa shape index (κ3) is 3.94. The van der Waals surface area contributed by atoms with Gasteiger partial charge in [-0.05, 0) is 30.7 Å². The molecule has 0 unspecified atom stereocenters. The second-order valence-electron chi connectivity index (χ2n) is 5.64. The third-order valence-corrected chi connectivity index (χ3v) is 3.70. The molecule has 0 saturated heterocycles. The summed E-state index contributed by atoms with van der Waals surface area (Å²) in [7, 11) is 0. The van der Waals surface area contributed by atoms with Crippen molar-refractivity contribution < 1.29 is 9.59 Å². The van der Waals surface area contributed by atoms with E-state index in [4.69, 9.17) is 0 Å². The molecule has 0 saturated carbocycles. The summed E-state index contributed by atoms with van der Waals surface area (Å²) in [5, 5.41) is 13.4. The first-order valence-electron chi connectivity index (χ1n) is 8.35. The molecule has 2 N–H and O–H groups in total. The van der Waals surface area contributed by atoms with Crippen molar-refractivity contribution in [1.82, 2.24) is 20.3 Å². The zero-order chi connectivity index (χ0) is 18.4. The van der Waals surface area contributed by atoms with Crippen LogP contribution in [0.5, 0.6) is 0 Å². The Labute approximate surface area is 151 Å². The van der Waals surface area contributed by atoms with Gasteiger partial charge < -0.3 is 10.6 Å². The van der Waals surface area contributed by atoms with E-state index in [1.807, 2.05) is 37.3 Å². The van der Waals surface area contributed by atoms with Gasteiger partial charge in [-0.15, -0.1) is 5.10 Å². The molecule has 1 heterocycles. The minimum Gasteiger partial charge on any atom is -0.352 e. The number of anilines is 1. The van der Waals surface area contributed by atoms with E-state index in [9.17, 15) is 9.59 Å². The van der Waals surface area contributed by atoms with Crippen LogP contribution < -0.4 is 10.6 Å². The van der Waals surface area contributed by atoms with Gasteiger partial charge >= 0.3 is 0 Å². The Morgan fingerprint density at radius 1 is 1.00 bits per heavy atom. The van der Waals surface area contributed by atoms with Crippen LogP contribution in [0.1, 0.15) is 34.2 Å². The molecule has 1 aromatic heterocycles.